The smallest absolute Gasteiger partial charge is 0.384 e. The van der Waals surface area contributed by atoms with E-state index in [-0.39, 0.29) is 0 Å². The molecule has 1 N–H and O–H groups in total. The molecule has 0 saturated carbocycles. The average Bonchev–Trinajstić information content (AvgIpc) is 2.82. The van der Waals surface area contributed by atoms with Crippen LogP contribution in [0.25, 0.3) is 6.08 Å². The Labute approximate surface area is 113 Å². The molecule has 0 bridgehead atoms. The molecular weight excluding hydrogens is 271 g/mol. The maximum atomic E-state index is 12.5. The molecule has 6 heteroatoms. The number of alkyl halides is 3. The molecule has 20 heavy (non-hydrogen) atoms. The summed E-state index contributed by atoms with van der Waals surface area (Å²) >= 11 is 0. The topological polar surface area (TPSA) is 46.3 Å². The highest BCUT2D eigenvalue weighted by Gasteiger charge is 2.30. The summed E-state index contributed by atoms with van der Waals surface area (Å²) in [6.45, 7) is 1.67. The Morgan fingerprint density at radius 1 is 1.35 bits per heavy atom. The maximum absolute atomic E-state index is 12.5. The first kappa shape index (κ1) is 14.3. The SMILES string of the molecule is Cc1nocc1C(O)/C=C/c1cccc(C(F)(F)F)c1. The van der Waals surface area contributed by atoms with Crippen LogP contribution < -0.4 is 0 Å². The molecule has 106 valence electrons. The van der Waals surface area contributed by atoms with Gasteiger partial charge >= 0.3 is 6.18 Å². The van der Waals surface area contributed by atoms with Crippen LogP contribution in [-0.2, 0) is 6.18 Å². The second-order valence-electron chi connectivity index (χ2n) is 4.28. The maximum Gasteiger partial charge on any atom is 0.416 e. The molecule has 0 fully saturated rings. The van der Waals surface area contributed by atoms with Crippen LogP contribution in [0, 0.1) is 6.92 Å². The van der Waals surface area contributed by atoms with Crippen LogP contribution in [0.1, 0.15) is 28.5 Å². The van der Waals surface area contributed by atoms with Gasteiger partial charge in [0.15, 0.2) is 0 Å². The van der Waals surface area contributed by atoms with E-state index in [9.17, 15) is 18.3 Å². The van der Waals surface area contributed by atoms with Gasteiger partial charge in [-0.05, 0) is 24.6 Å². The van der Waals surface area contributed by atoms with Crippen LogP contribution in [0.3, 0.4) is 0 Å². The zero-order chi connectivity index (χ0) is 14.8. The molecule has 2 rings (SSSR count). The molecule has 0 spiro atoms. The predicted octanol–water partition coefficient (Wildman–Crippen LogP) is 3.75. The zero-order valence-corrected chi connectivity index (χ0v) is 10.6. The van der Waals surface area contributed by atoms with Gasteiger partial charge in [-0.15, -0.1) is 0 Å². The normalized spacial score (nSPS) is 13.8. The van der Waals surface area contributed by atoms with Gasteiger partial charge in [-0.2, -0.15) is 13.2 Å². The fraction of sp³-hybridized carbons (Fsp3) is 0.214. The number of hydrogen-bond acceptors (Lipinski definition) is 3. The Bertz CT molecular complexity index is 617. The predicted molar refractivity (Wildman–Crippen MR) is 66.7 cm³/mol. The number of nitrogens with zero attached hydrogens (tertiary/aromatic N) is 1. The summed E-state index contributed by atoms with van der Waals surface area (Å²) in [5.74, 6) is 0. The van der Waals surface area contributed by atoms with E-state index in [4.69, 9.17) is 0 Å². The number of aromatic nitrogens is 1. The standard InChI is InChI=1S/C14H12F3NO2/c1-9-12(8-20-18-9)13(19)6-5-10-3-2-4-11(7-10)14(15,16)17/h2-8,13,19H,1H3/b6-5+. The monoisotopic (exact) mass is 283 g/mol. The second-order valence-corrected chi connectivity index (χ2v) is 4.28. The molecule has 1 unspecified atom stereocenters. The summed E-state index contributed by atoms with van der Waals surface area (Å²) in [5, 5.41) is 13.5. The molecule has 1 aromatic heterocycles. The lowest BCUT2D eigenvalue weighted by Gasteiger charge is -2.07. The minimum absolute atomic E-state index is 0.355. The van der Waals surface area contributed by atoms with Crippen molar-refractivity contribution in [2.75, 3.05) is 0 Å². The van der Waals surface area contributed by atoms with Crippen LogP contribution >= 0.6 is 0 Å². The molecule has 0 aliphatic carbocycles. The molecule has 0 saturated heterocycles. The van der Waals surface area contributed by atoms with E-state index in [0.29, 0.717) is 16.8 Å². The summed E-state index contributed by atoms with van der Waals surface area (Å²) < 4.78 is 42.3. The van der Waals surface area contributed by atoms with Gasteiger partial charge < -0.3 is 9.63 Å². The van der Waals surface area contributed by atoms with Gasteiger partial charge in [0, 0.05) is 5.56 Å². The Morgan fingerprint density at radius 2 is 2.10 bits per heavy atom. The summed E-state index contributed by atoms with van der Waals surface area (Å²) in [4.78, 5) is 0. The number of aliphatic hydroxyl groups excluding tert-OH is 1. The van der Waals surface area contributed by atoms with Gasteiger partial charge in [0.25, 0.3) is 0 Å². The molecule has 1 aromatic carbocycles. The number of benzene rings is 1. The first-order valence-electron chi connectivity index (χ1n) is 5.82. The van der Waals surface area contributed by atoms with Crippen molar-refractivity contribution in [3.63, 3.8) is 0 Å². The first-order chi connectivity index (χ1) is 9.38. The molecule has 1 atom stereocenters. The lowest BCUT2D eigenvalue weighted by molar-refractivity contribution is -0.137. The fourth-order valence-corrected chi connectivity index (χ4v) is 1.71. The van der Waals surface area contributed by atoms with E-state index in [0.717, 1.165) is 12.1 Å². The largest absolute Gasteiger partial charge is 0.416 e. The number of rotatable bonds is 3. The van der Waals surface area contributed by atoms with E-state index < -0.39 is 17.8 Å². The van der Waals surface area contributed by atoms with Crippen molar-refractivity contribution in [1.82, 2.24) is 5.16 Å². The highest BCUT2D eigenvalue weighted by molar-refractivity contribution is 5.51. The van der Waals surface area contributed by atoms with E-state index >= 15 is 0 Å². The number of aryl methyl sites for hydroxylation is 1. The Hall–Kier alpha value is -2.08. The van der Waals surface area contributed by atoms with E-state index in [2.05, 4.69) is 9.68 Å². The van der Waals surface area contributed by atoms with Crippen molar-refractivity contribution in [3.05, 3.63) is 59.0 Å². The minimum atomic E-state index is -4.38. The van der Waals surface area contributed by atoms with Crippen LogP contribution in [0.5, 0.6) is 0 Å². The summed E-state index contributed by atoms with van der Waals surface area (Å²) in [7, 11) is 0. The number of hydrogen-bond donors (Lipinski definition) is 1. The van der Waals surface area contributed by atoms with Gasteiger partial charge in [-0.3, -0.25) is 0 Å². The molecule has 3 nitrogen and oxygen atoms in total. The van der Waals surface area contributed by atoms with Crippen molar-refractivity contribution in [2.45, 2.75) is 19.2 Å². The van der Waals surface area contributed by atoms with Crippen molar-refractivity contribution in [2.24, 2.45) is 0 Å². The third-order valence-corrected chi connectivity index (χ3v) is 2.79. The molecule has 0 aliphatic rings. The number of aliphatic hydroxyl groups is 1. The molecule has 2 aromatic rings. The summed E-state index contributed by atoms with van der Waals surface area (Å²) in [5.41, 5.74) is 0.641. The van der Waals surface area contributed by atoms with Gasteiger partial charge in [0.1, 0.15) is 12.4 Å². The third-order valence-electron chi connectivity index (χ3n) is 2.79. The Kier molecular flexibility index (Phi) is 3.94. The van der Waals surface area contributed by atoms with Gasteiger partial charge in [-0.1, -0.05) is 29.4 Å². The Balaban J connectivity index is 2.18. The third kappa shape index (κ3) is 3.27. The van der Waals surface area contributed by atoms with E-state index in [1.807, 2.05) is 0 Å². The summed E-state index contributed by atoms with van der Waals surface area (Å²) in [6.07, 6.45) is -1.25. The fourth-order valence-electron chi connectivity index (χ4n) is 1.71. The highest BCUT2D eigenvalue weighted by atomic mass is 19.4. The van der Waals surface area contributed by atoms with Gasteiger partial charge in [0.05, 0.1) is 11.3 Å². The van der Waals surface area contributed by atoms with Crippen LogP contribution in [0.2, 0.25) is 0 Å². The second kappa shape index (κ2) is 5.50. The molecular formula is C14H12F3NO2. The van der Waals surface area contributed by atoms with Gasteiger partial charge in [0.2, 0.25) is 0 Å². The number of halogens is 3. The zero-order valence-electron chi connectivity index (χ0n) is 10.6. The highest BCUT2D eigenvalue weighted by Crippen LogP contribution is 2.30. The van der Waals surface area contributed by atoms with Crippen LogP contribution in [-0.4, -0.2) is 10.3 Å². The van der Waals surface area contributed by atoms with Crippen molar-refractivity contribution >= 4 is 6.08 Å². The lowest BCUT2D eigenvalue weighted by Crippen LogP contribution is -2.04. The summed E-state index contributed by atoms with van der Waals surface area (Å²) in [6, 6.07) is 4.86. The van der Waals surface area contributed by atoms with Crippen molar-refractivity contribution in [3.8, 4) is 0 Å². The average molecular weight is 283 g/mol. The molecule has 1 heterocycles. The van der Waals surface area contributed by atoms with Crippen LogP contribution in [0.15, 0.2) is 41.1 Å². The van der Waals surface area contributed by atoms with Crippen molar-refractivity contribution in [1.29, 1.82) is 0 Å². The Morgan fingerprint density at radius 3 is 2.70 bits per heavy atom. The quantitative estimate of drug-likeness (QED) is 0.933. The minimum Gasteiger partial charge on any atom is -0.384 e. The first-order valence-corrected chi connectivity index (χ1v) is 5.82. The van der Waals surface area contributed by atoms with E-state index in [1.54, 1.807) is 6.92 Å². The van der Waals surface area contributed by atoms with E-state index in [1.165, 1.54) is 30.5 Å². The molecule has 0 aliphatic heterocycles. The molecule has 0 amide bonds. The van der Waals surface area contributed by atoms with Crippen molar-refractivity contribution < 1.29 is 22.8 Å². The van der Waals surface area contributed by atoms with Crippen LogP contribution in [0.4, 0.5) is 13.2 Å². The lowest BCUT2D eigenvalue weighted by atomic mass is 10.1. The molecule has 0 radical (unpaired) electrons. The van der Waals surface area contributed by atoms with Gasteiger partial charge in [-0.25, -0.2) is 0 Å².